The molecule has 3 aromatic carbocycles. The van der Waals surface area contributed by atoms with E-state index in [1.165, 1.54) is 21.3 Å². The number of Topliss-reactive ketones (excluding diaryl/α,β-unsaturated/α-hetero) is 2. The summed E-state index contributed by atoms with van der Waals surface area (Å²) in [7, 11) is 17.2. The van der Waals surface area contributed by atoms with Gasteiger partial charge in [-0.25, -0.2) is 9.78 Å². The first kappa shape index (κ1) is 51.0. The van der Waals surface area contributed by atoms with Crippen LogP contribution in [0.3, 0.4) is 0 Å². The van der Waals surface area contributed by atoms with E-state index < -0.39 is 59.7 Å². The number of piperazine rings is 2. The van der Waals surface area contributed by atoms with Crippen molar-refractivity contribution in [3.8, 4) is 40.2 Å². The highest BCUT2D eigenvalue weighted by atomic mass is 17.2. The van der Waals surface area contributed by atoms with Gasteiger partial charge in [0.15, 0.2) is 34.6 Å². The highest BCUT2D eigenvalue weighted by Gasteiger charge is 2.69. The number of ketones is 2. The van der Waals surface area contributed by atoms with Gasteiger partial charge in [-0.05, 0) is 46.9 Å². The molecule has 0 aromatic heterocycles. The fourth-order valence-corrected chi connectivity index (χ4v) is 12.9. The molecule has 19 heteroatoms. The molecule has 6 aliphatic rings. The van der Waals surface area contributed by atoms with Gasteiger partial charge in [0.1, 0.15) is 41.4 Å². The van der Waals surface area contributed by atoms with Crippen LogP contribution in [-0.2, 0) is 35.3 Å². The van der Waals surface area contributed by atoms with Crippen LogP contribution in [0.1, 0.15) is 92.0 Å². The van der Waals surface area contributed by atoms with Crippen molar-refractivity contribution in [2.45, 2.75) is 88.4 Å². The van der Waals surface area contributed by atoms with Gasteiger partial charge in [-0.3, -0.25) is 33.8 Å². The highest BCUT2D eigenvalue weighted by Crippen LogP contribution is 2.59. The van der Waals surface area contributed by atoms with Crippen molar-refractivity contribution in [2.24, 2.45) is 5.41 Å². The predicted molar refractivity (Wildman–Crippen MR) is 256 cm³/mol. The number of ether oxygens (including phenoxy) is 8. The largest absolute Gasteiger partial charge is 0.496 e. The van der Waals surface area contributed by atoms with Crippen LogP contribution >= 0.6 is 0 Å². The molecule has 9 rings (SSSR count). The molecule has 3 fully saturated rings. The van der Waals surface area contributed by atoms with Gasteiger partial charge >= 0.3 is 5.97 Å². The van der Waals surface area contributed by atoms with Gasteiger partial charge in [0, 0.05) is 45.4 Å². The molecular formula is C52H64N4O15. The van der Waals surface area contributed by atoms with Crippen LogP contribution in [0, 0.1) is 19.3 Å². The fourth-order valence-electron chi connectivity index (χ4n) is 12.9. The minimum absolute atomic E-state index is 0.115. The molecule has 6 aliphatic heterocycles. The van der Waals surface area contributed by atoms with Crippen molar-refractivity contribution in [1.82, 2.24) is 19.6 Å². The summed E-state index contributed by atoms with van der Waals surface area (Å²) in [6, 6.07) is 0.135. The minimum Gasteiger partial charge on any atom is -0.496 e. The van der Waals surface area contributed by atoms with Crippen molar-refractivity contribution in [3.63, 3.8) is 0 Å². The van der Waals surface area contributed by atoms with Crippen LogP contribution in [0.15, 0.2) is 30.9 Å². The van der Waals surface area contributed by atoms with E-state index in [9.17, 15) is 24.0 Å². The number of carbonyl (C=O) groups is 5. The molecule has 0 saturated carbocycles. The summed E-state index contributed by atoms with van der Waals surface area (Å²) in [5.74, 6) is 2.21. The van der Waals surface area contributed by atoms with Gasteiger partial charge in [0.25, 0.3) is 0 Å². The Hall–Kier alpha value is -6.41. The molecule has 0 spiro atoms. The topological polar surface area (TPSA) is 191 Å². The third-order valence-corrected chi connectivity index (χ3v) is 15.8. The maximum Gasteiger partial charge on any atom is 0.316 e. The monoisotopic (exact) mass is 984 g/mol. The molecule has 382 valence electrons. The molecule has 0 aliphatic carbocycles. The van der Waals surface area contributed by atoms with Crippen LogP contribution in [0.5, 0.6) is 40.2 Å². The fraction of sp³-hybridized carbons (Fsp3) is 0.519. The number of benzene rings is 3. The number of fused-ring (bicyclic) bond motifs is 12. The van der Waals surface area contributed by atoms with Crippen LogP contribution in [0.4, 0.5) is 0 Å². The minimum atomic E-state index is -1.25. The molecule has 0 radical (unpaired) electrons. The second-order valence-electron chi connectivity index (χ2n) is 18.5. The van der Waals surface area contributed by atoms with Gasteiger partial charge in [0.2, 0.25) is 11.8 Å². The molecule has 2 amide bonds. The lowest BCUT2D eigenvalue weighted by Crippen LogP contribution is -2.69. The molecule has 4 bridgehead atoms. The Kier molecular flexibility index (Phi) is 13.9. The average molecular weight is 985 g/mol. The zero-order chi connectivity index (χ0) is 51.7. The standard InChI is InChI=1S/C30H38N2O8.C22H26N2O7/c1-11-16-19-20(25(36-6)14(3)27(38-8)29(19)40-10)23(33)22-21-18-15(12-17(31(21)4)30(34)32(16)22)24(35-5)13(2)26(37-7)28(18)39-9;1-6-13-16-12(8-7-9-15(16)28-3)18(25)17-19-22(11-31-30-5,21(27)29-4)10-14(23(19)2)20(26)24(13)17/h16-17,21-22H,11-12H2,1-10H3;6-9,13-14,17,19H,1,10-11H2,2-5H3/t16-,17-,21+,22?;13-,14-,17?,19-,22?/m00/s1. The van der Waals surface area contributed by atoms with E-state index in [1.54, 1.807) is 88.7 Å². The van der Waals surface area contributed by atoms with E-state index in [-0.39, 0.29) is 36.4 Å². The van der Waals surface area contributed by atoms with Gasteiger partial charge in [0.05, 0.1) is 106 Å². The molecular weight excluding hydrogens is 921 g/mol. The Bertz CT molecular complexity index is 2710. The lowest BCUT2D eigenvalue weighted by Gasteiger charge is -2.56. The summed E-state index contributed by atoms with van der Waals surface area (Å²) in [5.41, 5.74) is 3.94. The Labute approximate surface area is 413 Å². The SMILES string of the molecule is C=C[C@H]1c2c(OC)cccc2C(=O)C2[C@@H]3N(C)[C@@H](CC3(COOC)C(=O)OC)C(=O)N21.CC[C@H]1c2c(OC)c(OC)c(C)c(OC)c2C(=O)C2[C@H]3c4c(c(OC)c(C)c(OC)c4OC)C[C@@H](C(=O)N21)N3C. The number of methoxy groups -OCH3 is 8. The maximum atomic E-state index is 14.8. The third-order valence-electron chi connectivity index (χ3n) is 15.8. The normalized spacial score (nSPS) is 27.0. The van der Waals surface area contributed by atoms with E-state index >= 15 is 0 Å². The third kappa shape index (κ3) is 7.00. The number of carbonyl (C=O) groups excluding carboxylic acids is 5. The van der Waals surface area contributed by atoms with Gasteiger partial charge in [-0.1, -0.05) is 25.1 Å². The van der Waals surface area contributed by atoms with Crippen LogP contribution < -0.4 is 33.2 Å². The number of likely N-dealkylation sites (N-methyl/N-ethyl adjacent to an activating group) is 2. The predicted octanol–water partition coefficient (Wildman–Crippen LogP) is 4.95. The van der Waals surface area contributed by atoms with E-state index in [4.69, 9.17) is 47.7 Å². The van der Waals surface area contributed by atoms with E-state index in [2.05, 4.69) is 6.58 Å². The summed E-state index contributed by atoms with van der Waals surface area (Å²) < 4.78 is 45.7. The van der Waals surface area contributed by atoms with Gasteiger partial charge < -0.3 is 47.7 Å². The molecule has 19 nitrogen and oxygen atoms in total. The van der Waals surface area contributed by atoms with Crippen molar-refractivity contribution < 1.29 is 71.6 Å². The molecule has 71 heavy (non-hydrogen) atoms. The number of rotatable bonds is 13. The lowest BCUT2D eigenvalue weighted by atomic mass is 9.72. The Balaban J connectivity index is 0.000000197. The van der Waals surface area contributed by atoms with Crippen molar-refractivity contribution >= 4 is 29.4 Å². The number of nitrogens with zero attached hydrogens (tertiary/aromatic N) is 4. The second kappa shape index (κ2) is 19.3. The number of esters is 1. The Morgan fingerprint density at radius 3 is 1.83 bits per heavy atom. The summed E-state index contributed by atoms with van der Waals surface area (Å²) in [6.07, 6.45) is 2.75. The first-order valence-electron chi connectivity index (χ1n) is 23.4. The average Bonchev–Trinajstić information content (AvgIpc) is 3.61. The summed E-state index contributed by atoms with van der Waals surface area (Å²) in [6.45, 7) is 9.54. The summed E-state index contributed by atoms with van der Waals surface area (Å²) in [4.78, 5) is 86.8. The van der Waals surface area contributed by atoms with Crippen molar-refractivity contribution in [2.75, 3.05) is 84.7 Å². The maximum absolute atomic E-state index is 14.8. The van der Waals surface area contributed by atoms with Crippen molar-refractivity contribution in [3.05, 3.63) is 75.4 Å². The number of hydrogen-bond acceptors (Lipinski definition) is 17. The molecule has 6 heterocycles. The highest BCUT2D eigenvalue weighted by molar-refractivity contribution is 6.10. The summed E-state index contributed by atoms with van der Waals surface area (Å²) in [5, 5.41) is 0. The molecule has 3 aromatic rings. The van der Waals surface area contributed by atoms with Crippen LogP contribution in [0.2, 0.25) is 0 Å². The molecule has 9 atom stereocenters. The van der Waals surface area contributed by atoms with E-state index in [0.29, 0.717) is 80.9 Å². The van der Waals surface area contributed by atoms with Gasteiger partial charge in [-0.15, -0.1) is 6.58 Å². The van der Waals surface area contributed by atoms with Crippen LogP contribution in [-0.4, -0.2) is 164 Å². The molecule has 3 unspecified atom stereocenters. The van der Waals surface area contributed by atoms with E-state index in [0.717, 1.165) is 16.7 Å². The van der Waals surface area contributed by atoms with Gasteiger partial charge in [-0.2, -0.15) is 0 Å². The lowest BCUT2D eigenvalue weighted by molar-refractivity contribution is -0.291. The summed E-state index contributed by atoms with van der Waals surface area (Å²) >= 11 is 0. The van der Waals surface area contributed by atoms with Crippen molar-refractivity contribution in [1.29, 1.82) is 0 Å². The zero-order valence-electron chi connectivity index (χ0n) is 42.9. The van der Waals surface area contributed by atoms with E-state index in [1.807, 2.05) is 32.7 Å². The quantitative estimate of drug-likeness (QED) is 0.0967. The number of amides is 2. The zero-order valence-corrected chi connectivity index (χ0v) is 42.9. The Morgan fingerprint density at radius 1 is 0.690 bits per heavy atom. The first-order chi connectivity index (χ1) is 34.0. The Morgan fingerprint density at radius 2 is 1.28 bits per heavy atom. The first-order valence-corrected chi connectivity index (χ1v) is 23.4. The molecule has 3 saturated heterocycles. The number of hydrogen-bond donors (Lipinski definition) is 0. The molecule has 0 N–H and O–H groups in total. The second-order valence-corrected chi connectivity index (χ2v) is 18.5. The van der Waals surface area contributed by atoms with Crippen LogP contribution in [0.25, 0.3) is 0 Å². The smallest absolute Gasteiger partial charge is 0.316 e.